The number of aliphatic imine (C=N–C) groups is 1. The Morgan fingerprint density at radius 1 is 1.35 bits per heavy atom. The second kappa shape index (κ2) is 10.0. The summed E-state index contributed by atoms with van der Waals surface area (Å²) in [5, 5.41) is 10.2. The quantitative estimate of drug-likeness (QED) is 0.229. The summed E-state index contributed by atoms with van der Waals surface area (Å²) in [6, 6.07) is 8.66. The molecule has 0 atom stereocenters. The van der Waals surface area contributed by atoms with Gasteiger partial charge in [0.15, 0.2) is 5.96 Å². The van der Waals surface area contributed by atoms with E-state index in [1.54, 1.807) is 11.3 Å². The van der Waals surface area contributed by atoms with Gasteiger partial charge in [-0.25, -0.2) is 4.98 Å². The number of hydrogen-bond acceptors (Lipinski definition) is 3. The first-order chi connectivity index (χ1) is 12.1. The molecule has 1 aliphatic rings. The van der Waals surface area contributed by atoms with Crippen LogP contribution in [0.15, 0.2) is 39.1 Å². The van der Waals surface area contributed by atoms with Gasteiger partial charge >= 0.3 is 0 Å². The van der Waals surface area contributed by atoms with E-state index in [-0.39, 0.29) is 29.4 Å². The van der Waals surface area contributed by atoms with Crippen molar-refractivity contribution in [1.82, 2.24) is 15.6 Å². The molecular formula is C19H26BrIN4S. The van der Waals surface area contributed by atoms with Gasteiger partial charge in [0.25, 0.3) is 0 Å². The highest BCUT2D eigenvalue weighted by Crippen LogP contribution is 2.48. The molecule has 1 fully saturated rings. The molecule has 0 bridgehead atoms. The molecule has 26 heavy (non-hydrogen) atoms. The summed E-state index contributed by atoms with van der Waals surface area (Å²) in [6.07, 6.45) is 4.54. The van der Waals surface area contributed by atoms with Crippen LogP contribution in [0, 0.1) is 6.92 Å². The molecule has 3 rings (SSSR count). The van der Waals surface area contributed by atoms with Gasteiger partial charge in [0, 0.05) is 47.5 Å². The van der Waals surface area contributed by atoms with Crippen LogP contribution in [0.4, 0.5) is 0 Å². The maximum atomic E-state index is 4.51. The lowest BCUT2D eigenvalue weighted by Gasteiger charge is -2.19. The van der Waals surface area contributed by atoms with E-state index >= 15 is 0 Å². The molecule has 0 unspecified atom stereocenters. The molecule has 0 radical (unpaired) electrons. The zero-order chi connectivity index (χ0) is 17.7. The topological polar surface area (TPSA) is 49.3 Å². The number of halogens is 2. The lowest BCUT2D eigenvalue weighted by Crippen LogP contribution is -2.41. The van der Waals surface area contributed by atoms with Gasteiger partial charge in [0.2, 0.25) is 0 Å². The fraction of sp³-hybridized carbons (Fsp3) is 0.474. The van der Waals surface area contributed by atoms with Gasteiger partial charge < -0.3 is 10.6 Å². The van der Waals surface area contributed by atoms with Crippen LogP contribution in [-0.2, 0) is 11.8 Å². The van der Waals surface area contributed by atoms with Gasteiger partial charge in [-0.15, -0.1) is 35.3 Å². The van der Waals surface area contributed by atoms with Crippen molar-refractivity contribution < 1.29 is 0 Å². The number of nitrogens with zero attached hydrogens (tertiary/aromatic N) is 2. The average molecular weight is 549 g/mol. The van der Waals surface area contributed by atoms with E-state index in [1.165, 1.54) is 23.4 Å². The Labute approximate surface area is 185 Å². The Balaban J connectivity index is 0.00000243. The Hall–Kier alpha value is -0.670. The van der Waals surface area contributed by atoms with Gasteiger partial charge in [-0.1, -0.05) is 28.1 Å². The summed E-state index contributed by atoms with van der Waals surface area (Å²) in [4.78, 5) is 8.86. The van der Waals surface area contributed by atoms with Crippen molar-refractivity contribution in [3.63, 3.8) is 0 Å². The molecule has 2 aromatic rings. The molecular weight excluding hydrogens is 523 g/mol. The molecule has 1 aliphatic carbocycles. The Morgan fingerprint density at radius 3 is 2.77 bits per heavy atom. The number of nitrogens with one attached hydrogen (secondary N) is 2. The summed E-state index contributed by atoms with van der Waals surface area (Å²) in [7, 11) is 1.83. The first-order valence-electron chi connectivity index (χ1n) is 8.73. The Bertz CT molecular complexity index is 743. The molecule has 1 saturated carbocycles. The van der Waals surface area contributed by atoms with E-state index in [0.717, 1.165) is 42.1 Å². The van der Waals surface area contributed by atoms with Gasteiger partial charge in [-0.05, 0) is 43.9 Å². The van der Waals surface area contributed by atoms with E-state index in [4.69, 9.17) is 0 Å². The second-order valence-corrected chi connectivity index (χ2v) is 8.49. The summed E-state index contributed by atoms with van der Waals surface area (Å²) >= 11 is 5.32. The minimum atomic E-state index is 0. The number of hydrogen-bond donors (Lipinski definition) is 2. The summed E-state index contributed by atoms with van der Waals surface area (Å²) in [5.74, 6) is 0.886. The first-order valence-corrected chi connectivity index (χ1v) is 10.4. The van der Waals surface area contributed by atoms with Crippen LogP contribution >= 0.6 is 51.2 Å². The van der Waals surface area contributed by atoms with E-state index < -0.39 is 0 Å². The van der Waals surface area contributed by atoms with E-state index in [9.17, 15) is 0 Å². The van der Waals surface area contributed by atoms with Crippen molar-refractivity contribution in [3.05, 3.63) is 50.4 Å². The smallest absolute Gasteiger partial charge is 0.191 e. The van der Waals surface area contributed by atoms with E-state index in [1.807, 2.05) is 14.0 Å². The van der Waals surface area contributed by atoms with E-state index in [2.05, 4.69) is 66.2 Å². The van der Waals surface area contributed by atoms with Crippen molar-refractivity contribution in [2.24, 2.45) is 4.99 Å². The minimum absolute atomic E-state index is 0. The highest BCUT2D eigenvalue weighted by Gasteiger charge is 2.44. The monoisotopic (exact) mass is 548 g/mol. The third-order valence-corrected chi connectivity index (χ3v) is 6.15. The summed E-state index contributed by atoms with van der Waals surface area (Å²) in [6.45, 7) is 3.87. The van der Waals surface area contributed by atoms with Crippen molar-refractivity contribution in [1.29, 1.82) is 0 Å². The number of aromatic nitrogens is 1. The zero-order valence-corrected chi connectivity index (χ0v) is 20.0. The van der Waals surface area contributed by atoms with Gasteiger partial charge in [-0.3, -0.25) is 4.99 Å². The molecule has 0 saturated heterocycles. The molecule has 2 N–H and O–H groups in total. The maximum absolute atomic E-state index is 4.51. The molecule has 1 aromatic carbocycles. The molecule has 0 aliphatic heterocycles. The van der Waals surface area contributed by atoms with Crippen molar-refractivity contribution in [3.8, 4) is 0 Å². The predicted octanol–water partition coefficient (Wildman–Crippen LogP) is 4.66. The number of guanidine groups is 1. The normalized spacial score (nSPS) is 15.3. The number of rotatable bonds is 7. The molecule has 142 valence electrons. The summed E-state index contributed by atoms with van der Waals surface area (Å²) < 4.78 is 1.15. The SMILES string of the molecule is CN=C(NCCCc1nc(C)cs1)NCC1(c2cccc(Br)c2)CC1.I. The number of benzene rings is 1. The Morgan fingerprint density at radius 2 is 2.15 bits per heavy atom. The van der Waals surface area contributed by atoms with Crippen molar-refractivity contribution in [2.75, 3.05) is 20.1 Å². The van der Waals surface area contributed by atoms with Crippen LogP contribution in [0.25, 0.3) is 0 Å². The molecule has 0 amide bonds. The van der Waals surface area contributed by atoms with Gasteiger partial charge in [0.1, 0.15) is 0 Å². The maximum Gasteiger partial charge on any atom is 0.191 e. The lowest BCUT2D eigenvalue weighted by molar-refractivity contribution is 0.641. The minimum Gasteiger partial charge on any atom is -0.356 e. The zero-order valence-electron chi connectivity index (χ0n) is 15.2. The second-order valence-electron chi connectivity index (χ2n) is 6.63. The molecule has 4 nitrogen and oxygen atoms in total. The number of aryl methyl sites for hydroxylation is 2. The molecule has 7 heteroatoms. The highest BCUT2D eigenvalue weighted by atomic mass is 127. The van der Waals surface area contributed by atoms with Gasteiger partial charge in [-0.2, -0.15) is 0 Å². The fourth-order valence-electron chi connectivity index (χ4n) is 2.97. The molecule has 1 heterocycles. The van der Waals surface area contributed by atoms with Gasteiger partial charge in [0.05, 0.1) is 5.01 Å². The standard InChI is InChI=1S/C19H25BrN4S.HI/c1-14-12-25-17(24-14)7-4-10-22-18(21-2)23-13-19(8-9-19)15-5-3-6-16(20)11-15;/h3,5-6,11-12H,4,7-10,13H2,1-2H3,(H2,21,22,23);1H. The van der Waals surface area contributed by atoms with Crippen LogP contribution in [-0.4, -0.2) is 31.1 Å². The van der Waals surface area contributed by atoms with Crippen LogP contribution in [0.1, 0.15) is 35.5 Å². The molecule has 1 aromatic heterocycles. The van der Waals surface area contributed by atoms with Crippen molar-refractivity contribution in [2.45, 2.75) is 38.0 Å². The third kappa shape index (κ3) is 5.92. The number of thiazole rings is 1. The fourth-order valence-corrected chi connectivity index (χ4v) is 4.19. The summed E-state index contributed by atoms with van der Waals surface area (Å²) in [5.41, 5.74) is 2.79. The highest BCUT2D eigenvalue weighted by molar-refractivity contribution is 14.0. The van der Waals surface area contributed by atoms with Crippen LogP contribution in [0.2, 0.25) is 0 Å². The van der Waals surface area contributed by atoms with Crippen molar-refractivity contribution >= 4 is 57.2 Å². The van der Waals surface area contributed by atoms with Crippen LogP contribution in [0.5, 0.6) is 0 Å². The predicted molar refractivity (Wildman–Crippen MR) is 125 cm³/mol. The van der Waals surface area contributed by atoms with Crippen LogP contribution in [0.3, 0.4) is 0 Å². The Kier molecular flexibility index (Phi) is 8.35. The third-order valence-electron chi connectivity index (χ3n) is 4.63. The largest absolute Gasteiger partial charge is 0.356 e. The first kappa shape index (κ1) is 21.6. The molecule has 0 spiro atoms. The average Bonchev–Trinajstić information content (AvgIpc) is 3.29. The lowest BCUT2D eigenvalue weighted by atomic mass is 9.96. The van der Waals surface area contributed by atoms with Crippen LogP contribution < -0.4 is 10.6 Å². The van der Waals surface area contributed by atoms with E-state index in [0.29, 0.717) is 0 Å².